The molecule has 0 unspecified atom stereocenters. The highest BCUT2D eigenvalue weighted by Crippen LogP contribution is 2.40. The standard InChI is InChI=1S/C22H20ClFN4OS/c1-4-9-28(3)13-26-19-10-14(2)20(11-18(19)23)29-22-17(12-25)21(27-30-22)15-5-7-16(24)8-6-15/h5-8,10-11,13H,4,9H2,1-3H3/b26-13-. The first-order chi connectivity index (χ1) is 14.4. The van der Waals surface area contributed by atoms with Gasteiger partial charge in [-0.25, -0.2) is 9.38 Å². The summed E-state index contributed by atoms with van der Waals surface area (Å²) in [5.74, 6) is 0.171. The average Bonchev–Trinajstić information content (AvgIpc) is 3.12. The van der Waals surface area contributed by atoms with Gasteiger partial charge in [0.15, 0.2) is 0 Å². The van der Waals surface area contributed by atoms with Crippen molar-refractivity contribution in [3.8, 4) is 28.1 Å². The van der Waals surface area contributed by atoms with E-state index >= 15 is 0 Å². The number of aromatic nitrogens is 1. The third-order valence-electron chi connectivity index (χ3n) is 4.31. The molecule has 0 atom stereocenters. The van der Waals surface area contributed by atoms with E-state index < -0.39 is 0 Å². The van der Waals surface area contributed by atoms with Crippen LogP contribution in [0.4, 0.5) is 10.1 Å². The number of aliphatic imine (C=N–C) groups is 1. The number of rotatable bonds is 7. The maximum Gasteiger partial charge on any atom is 0.218 e. The maximum absolute atomic E-state index is 13.2. The molecule has 0 fully saturated rings. The second-order valence-electron chi connectivity index (χ2n) is 6.71. The molecule has 8 heteroatoms. The topological polar surface area (TPSA) is 61.5 Å². The Morgan fingerprint density at radius 3 is 2.73 bits per heavy atom. The summed E-state index contributed by atoms with van der Waals surface area (Å²) in [4.78, 5) is 6.43. The van der Waals surface area contributed by atoms with E-state index in [1.165, 1.54) is 12.1 Å². The molecule has 0 radical (unpaired) electrons. The van der Waals surface area contributed by atoms with E-state index in [0.717, 1.165) is 30.1 Å². The summed E-state index contributed by atoms with van der Waals surface area (Å²) in [5, 5.41) is 10.4. The Labute approximate surface area is 184 Å². The van der Waals surface area contributed by atoms with E-state index in [9.17, 15) is 9.65 Å². The van der Waals surface area contributed by atoms with Crippen LogP contribution in [-0.2, 0) is 0 Å². The number of ether oxygens (including phenoxy) is 1. The summed E-state index contributed by atoms with van der Waals surface area (Å²) in [6.45, 7) is 4.89. The molecule has 154 valence electrons. The molecule has 1 aromatic heterocycles. The highest BCUT2D eigenvalue weighted by atomic mass is 35.5. The maximum atomic E-state index is 13.2. The Morgan fingerprint density at radius 2 is 2.07 bits per heavy atom. The van der Waals surface area contributed by atoms with Gasteiger partial charge in [0.05, 0.1) is 17.0 Å². The lowest BCUT2D eigenvalue weighted by Gasteiger charge is -2.12. The fourth-order valence-electron chi connectivity index (χ4n) is 2.78. The number of halogens is 2. The highest BCUT2D eigenvalue weighted by molar-refractivity contribution is 7.08. The van der Waals surface area contributed by atoms with Crippen molar-refractivity contribution in [2.75, 3.05) is 13.6 Å². The molecule has 0 bridgehead atoms. The molecule has 3 aromatic rings. The summed E-state index contributed by atoms with van der Waals surface area (Å²) < 4.78 is 23.5. The van der Waals surface area contributed by atoms with Crippen molar-refractivity contribution in [2.45, 2.75) is 20.3 Å². The predicted octanol–water partition coefficient (Wildman–Crippen LogP) is 6.58. The van der Waals surface area contributed by atoms with Gasteiger partial charge in [-0.15, -0.1) is 0 Å². The molecular formula is C22H20ClFN4OS. The first kappa shape index (κ1) is 21.8. The van der Waals surface area contributed by atoms with Crippen LogP contribution in [0.5, 0.6) is 10.8 Å². The van der Waals surface area contributed by atoms with Gasteiger partial charge in [0.2, 0.25) is 5.06 Å². The molecule has 0 N–H and O–H groups in total. The molecule has 30 heavy (non-hydrogen) atoms. The van der Waals surface area contributed by atoms with Crippen molar-refractivity contribution in [3.63, 3.8) is 0 Å². The predicted molar refractivity (Wildman–Crippen MR) is 120 cm³/mol. The average molecular weight is 443 g/mol. The van der Waals surface area contributed by atoms with Gasteiger partial charge in [-0.3, -0.25) is 0 Å². The van der Waals surface area contributed by atoms with Crippen molar-refractivity contribution in [3.05, 3.63) is 58.4 Å². The molecule has 3 rings (SSSR count). The molecule has 1 heterocycles. The number of aryl methyl sites for hydroxylation is 1. The van der Waals surface area contributed by atoms with E-state index in [2.05, 4.69) is 22.4 Å². The summed E-state index contributed by atoms with van der Waals surface area (Å²) in [6.07, 6.45) is 2.77. The molecule has 2 aromatic carbocycles. The monoisotopic (exact) mass is 442 g/mol. The largest absolute Gasteiger partial charge is 0.443 e. The summed E-state index contributed by atoms with van der Waals surface area (Å²) in [7, 11) is 1.96. The quantitative estimate of drug-likeness (QED) is 0.306. The van der Waals surface area contributed by atoms with Gasteiger partial charge in [-0.1, -0.05) is 18.5 Å². The van der Waals surface area contributed by atoms with Crippen molar-refractivity contribution in [2.24, 2.45) is 4.99 Å². The third-order valence-corrected chi connectivity index (χ3v) is 5.34. The van der Waals surface area contributed by atoms with Crippen LogP contribution in [0.1, 0.15) is 24.5 Å². The summed E-state index contributed by atoms with van der Waals surface area (Å²) in [6, 6.07) is 11.5. The number of nitrogens with zero attached hydrogens (tertiary/aromatic N) is 4. The Bertz CT molecular complexity index is 1110. The van der Waals surface area contributed by atoms with Crippen molar-refractivity contribution in [1.29, 1.82) is 5.26 Å². The molecule has 0 saturated heterocycles. The molecule has 0 aliphatic carbocycles. The van der Waals surface area contributed by atoms with Gasteiger partial charge in [0.1, 0.15) is 28.9 Å². The number of benzene rings is 2. The van der Waals surface area contributed by atoms with Crippen LogP contribution < -0.4 is 4.74 Å². The summed E-state index contributed by atoms with van der Waals surface area (Å²) >= 11 is 7.46. The molecule has 5 nitrogen and oxygen atoms in total. The lowest BCUT2D eigenvalue weighted by Crippen LogP contribution is -2.16. The van der Waals surface area contributed by atoms with Crippen LogP contribution in [0, 0.1) is 24.1 Å². The molecule has 0 aliphatic rings. The second-order valence-corrected chi connectivity index (χ2v) is 7.85. The van der Waals surface area contributed by atoms with E-state index in [-0.39, 0.29) is 5.82 Å². The van der Waals surface area contributed by atoms with Gasteiger partial charge in [-0.2, -0.15) is 9.64 Å². The smallest absolute Gasteiger partial charge is 0.218 e. The first-order valence-electron chi connectivity index (χ1n) is 9.31. The zero-order valence-electron chi connectivity index (χ0n) is 16.8. The number of hydrogen-bond acceptors (Lipinski definition) is 5. The second kappa shape index (κ2) is 9.70. The van der Waals surface area contributed by atoms with Gasteiger partial charge >= 0.3 is 0 Å². The fourth-order valence-corrected chi connectivity index (χ4v) is 3.71. The zero-order valence-corrected chi connectivity index (χ0v) is 18.4. The summed E-state index contributed by atoms with van der Waals surface area (Å²) in [5.41, 5.74) is 2.87. The first-order valence-corrected chi connectivity index (χ1v) is 10.5. The van der Waals surface area contributed by atoms with E-state index in [0.29, 0.717) is 38.3 Å². The van der Waals surface area contributed by atoms with Gasteiger partial charge in [0, 0.05) is 36.8 Å². The van der Waals surface area contributed by atoms with E-state index in [1.54, 1.807) is 24.5 Å². The minimum atomic E-state index is -0.349. The van der Waals surface area contributed by atoms with Crippen molar-refractivity contribution >= 4 is 35.2 Å². The Morgan fingerprint density at radius 1 is 1.33 bits per heavy atom. The number of hydrogen-bond donors (Lipinski definition) is 0. The third kappa shape index (κ3) is 4.96. The normalized spacial score (nSPS) is 10.9. The van der Waals surface area contributed by atoms with Crippen molar-refractivity contribution < 1.29 is 9.13 Å². The Kier molecular flexibility index (Phi) is 7.03. The lowest BCUT2D eigenvalue weighted by atomic mass is 10.1. The number of nitriles is 1. The Hall–Kier alpha value is -2.95. The minimum Gasteiger partial charge on any atom is -0.443 e. The van der Waals surface area contributed by atoms with Crippen LogP contribution in [0.15, 0.2) is 41.4 Å². The molecule has 0 spiro atoms. The van der Waals surface area contributed by atoms with Crippen LogP contribution >= 0.6 is 23.1 Å². The van der Waals surface area contributed by atoms with E-state index in [4.69, 9.17) is 16.3 Å². The highest BCUT2D eigenvalue weighted by Gasteiger charge is 2.18. The van der Waals surface area contributed by atoms with Gasteiger partial charge in [-0.05, 0) is 49.2 Å². The van der Waals surface area contributed by atoms with Crippen LogP contribution in [0.25, 0.3) is 11.3 Å². The Balaban J connectivity index is 1.87. The van der Waals surface area contributed by atoms with Crippen LogP contribution in [0.2, 0.25) is 5.02 Å². The lowest BCUT2D eigenvalue weighted by molar-refractivity contribution is 0.491. The zero-order chi connectivity index (χ0) is 21.7. The van der Waals surface area contributed by atoms with Gasteiger partial charge in [0.25, 0.3) is 0 Å². The molecular weight excluding hydrogens is 423 g/mol. The molecule has 0 saturated carbocycles. The van der Waals surface area contributed by atoms with E-state index in [1.807, 2.05) is 24.9 Å². The van der Waals surface area contributed by atoms with Crippen LogP contribution in [-0.4, -0.2) is 29.2 Å². The fraction of sp³-hybridized carbons (Fsp3) is 0.227. The molecule has 0 aliphatic heterocycles. The molecule has 0 amide bonds. The SMILES string of the molecule is CCCN(C)/C=N\c1cc(C)c(Oc2snc(-c3ccc(F)cc3)c2C#N)cc1Cl. The van der Waals surface area contributed by atoms with Crippen LogP contribution in [0.3, 0.4) is 0 Å². The van der Waals surface area contributed by atoms with Gasteiger partial charge < -0.3 is 9.64 Å². The minimum absolute atomic E-state index is 0.297. The van der Waals surface area contributed by atoms with Crippen molar-refractivity contribution in [1.82, 2.24) is 9.27 Å².